The molecule has 110 valence electrons. The number of nitro groups is 1. The molecule has 2 rings (SSSR count). The van der Waals surface area contributed by atoms with Crippen LogP contribution in [0, 0.1) is 30.9 Å². The van der Waals surface area contributed by atoms with E-state index in [-0.39, 0.29) is 17.2 Å². The number of aryl methyl sites for hydroxylation is 2. The first-order valence-electron chi connectivity index (χ1n) is 6.38. The molecule has 0 saturated carbocycles. The van der Waals surface area contributed by atoms with Crippen LogP contribution in [-0.2, 0) is 7.05 Å². The molecule has 0 spiro atoms. The van der Waals surface area contributed by atoms with Gasteiger partial charge in [0.2, 0.25) is 0 Å². The molecule has 0 radical (unpaired) electrons. The zero-order chi connectivity index (χ0) is 15.7. The first-order chi connectivity index (χ1) is 9.82. The summed E-state index contributed by atoms with van der Waals surface area (Å²) in [6, 6.07) is 4.45. The van der Waals surface area contributed by atoms with Crippen LogP contribution >= 0.6 is 0 Å². The normalized spacial score (nSPS) is 10.5. The SMILES string of the molecule is Cc1nn(C)c(C)c1NC(=O)c1cccc([N+](=O)[O-])c1C. The van der Waals surface area contributed by atoms with E-state index in [1.807, 2.05) is 6.92 Å². The van der Waals surface area contributed by atoms with Crippen molar-refractivity contribution in [3.63, 3.8) is 0 Å². The number of carbonyl (C=O) groups is 1. The molecule has 0 saturated heterocycles. The van der Waals surface area contributed by atoms with Gasteiger partial charge in [-0.2, -0.15) is 5.10 Å². The maximum atomic E-state index is 12.4. The fraction of sp³-hybridized carbons (Fsp3) is 0.286. The van der Waals surface area contributed by atoms with Gasteiger partial charge in [0.1, 0.15) is 0 Å². The number of carbonyl (C=O) groups excluding carboxylic acids is 1. The van der Waals surface area contributed by atoms with Gasteiger partial charge in [0, 0.05) is 24.2 Å². The molecule has 0 aliphatic rings. The van der Waals surface area contributed by atoms with Crippen molar-refractivity contribution in [2.75, 3.05) is 5.32 Å². The van der Waals surface area contributed by atoms with Gasteiger partial charge in [-0.15, -0.1) is 0 Å². The molecule has 0 fully saturated rings. The Morgan fingerprint density at radius 3 is 2.52 bits per heavy atom. The van der Waals surface area contributed by atoms with Crippen LogP contribution in [0.15, 0.2) is 18.2 Å². The number of amides is 1. The van der Waals surface area contributed by atoms with E-state index in [9.17, 15) is 14.9 Å². The minimum absolute atomic E-state index is 0.0673. The lowest BCUT2D eigenvalue weighted by atomic mass is 10.1. The fourth-order valence-corrected chi connectivity index (χ4v) is 2.20. The van der Waals surface area contributed by atoms with Crippen molar-refractivity contribution in [1.29, 1.82) is 0 Å². The molecular formula is C14H16N4O3. The number of hydrogen-bond acceptors (Lipinski definition) is 4. The molecule has 0 atom stereocenters. The Balaban J connectivity index is 2.37. The smallest absolute Gasteiger partial charge is 0.273 e. The molecular weight excluding hydrogens is 272 g/mol. The van der Waals surface area contributed by atoms with Crippen molar-refractivity contribution in [2.24, 2.45) is 7.05 Å². The Morgan fingerprint density at radius 1 is 1.33 bits per heavy atom. The van der Waals surface area contributed by atoms with Crippen LogP contribution in [0.25, 0.3) is 0 Å². The fourth-order valence-electron chi connectivity index (χ4n) is 2.20. The van der Waals surface area contributed by atoms with Gasteiger partial charge in [-0.1, -0.05) is 6.07 Å². The third-order valence-corrected chi connectivity index (χ3v) is 3.49. The number of nitro benzene ring substituents is 1. The number of benzene rings is 1. The zero-order valence-corrected chi connectivity index (χ0v) is 12.3. The maximum absolute atomic E-state index is 12.4. The number of aromatic nitrogens is 2. The molecule has 21 heavy (non-hydrogen) atoms. The Hall–Kier alpha value is -2.70. The van der Waals surface area contributed by atoms with Gasteiger partial charge in [0.15, 0.2) is 0 Å². The molecule has 1 aromatic heterocycles. The van der Waals surface area contributed by atoms with E-state index in [1.165, 1.54) is 12.1 Å². The van der Waals surface area contributed by atoms with Gasteiger partial charge in [0.05, 0.1) is 22.0 Å². The number of anilines is 1. The first kappa shape index (κ1) is 14.7. The summed E-state index contributed by atoms with van der Waals surface area (Å²) in [7, 11) is 1.79. The average molecular weight is 288 g/mol. The summed E-state index contributed by atoms with van der Waals surface area (Å²) in [4.78, 5) is 22.8. The van der Waals surface area contributed by atoms with E-state index < -0.39 is 4.92 Å². The van der Waals surface area contributed by atoms with Crippen molar-refractivity contribution in [3.8, 4) is 0 Å². The van der Waals surface area contributed by atoms with Crippen LogP contribution in [0.5, 0.6) is 0 Å². The molecule has 0 bridgehead atoms. The topological polar surface area (TPSA) is 90.1 Å². The van der Waals surface area contributed by atoms with Gasteiger partial charge < -0.3 is 5.32 Å². The van der Waals surface area contributed by atoms with Crippen molar-refractivity contribution in [2.45, 2.75) is 20.8 Å². The summed E-state index contributed by atoms with van der Waals surface area (Å²) in [5.41, 5.74) is 2.72. The highest BCUT2D eigenvalue weighted by atomic mass is 16.6. The van der Waals surface area contributed by atoms with Crippen LogP contribution in [0.4, 0.5) is 11.4 Å². The highest BCUT2D eigenvalue weighted by molar-refractivity contribution is 6.06. The highest BCUT2D eigenvalue weighted by Crippen LogP contribution is 2.24. The van der Waals surface area contributed by atoms with Crippen molar-refractivity contribution in [3.05, 3.63) is 50.8 Å². The third kappa shape index (κ3) is 2.62. The molecule has 7 heteroatoms. The summed E-state index contributed by atoms with van der Waals surface area (Å²) < 4.78 is 1.67. The molecule has 0 aliphatic carbocycles. The van der Waals surface area contributed by atoms with Crippen LogP contribution in [0.3, 0.4) is 0 Å². The lowest BCUT2D eigenvalue weighted by molar-refractivity contribution is -0.385. The van der Waals surface area contributed by atoms with Crippen LogP contribution in [-0.4, -0.2) is 20.6 Å². The molecule has 1 heterocycles. The van der Waals surface area contributed by atoms with E-state index in [2.05, 4.69) is 10.4 Å². The lowest BCUT2D eigenvalue weighted by Crippen LogP contribution is -2.15. The largest absolute Gasteiger partial charge is 0.319 e. The van der Waals surface area contributed by atoms with Crippen LogP contribution in [0.1, 0.15) is 27.3 Å². The van der Waals surface area contributed by atoms with Crippen molar-refractivity contribution < 1.29 is 9.72 Å². The van der Waals surface area contributed by atoms with Crippen LogP contribution < -0.4 is 5.32 Å². The van der Waals surface area contributed by atoms with Crippen molar-refractivity contribution >= 4 is 17.3 Å². The Morgan fingerprint density at radius 2 is 2.00 bits per heavy atom. The minimum Gasteiger partial charge on any atom is -0.319 e. The van der Waals surface area contributed by atoms with Gasteiger partial charge >= 0.3 is 0 Å². The Labute approximate surface area is 121 Å². The Bertz CT molecular complexity index is 734. The lowest BCUT2D eigenvalue weighted by Gasteiger charge is -2.08. The van der Waals surface area contributed by atoms with E-state index in [0.717, 1.165) is 5.69 Å². The van der Waals surface area contributed by atoms with Gasteiger partial charge in [0.25, 0.3) is 11.6 Å². The second kappa shape index (κ2) is 5.35. The summed E-state index contributed by atoms with van der Waals surface area (Å²) in [6.45, 7) is 5.20. The second-order valence-corrected chi connectivity index (χ2v) is 4.83. The summed E-state index contributed by atoms with van der Waals surface area (Å²) in [6.07, 6.45) is 0. The van der Waals surface area contributed by atoms with Gasteiger partial charge in [-0.3, -0.25) is 19.6 Å². The van der Waals surface area contributed by atoms with Gasteiger partial charge in [-0.05, 0) is 26.8 Å². The number of nitrogens with one attached hydrogen (secondary N) is 1. The monoisotopic (exact) mass is 288 g/mol. The summed E-state index contributed by atoms with van der Waals surface area (Å²) in [5.74, 6) is -0.379. The molecule has 1 N–H and O–H groups in total. The van der Waals surface area contributed by atoms with E-state index >= 15 is 0 Å². The quantitative estimate of drug-likeness (QED) is 0.694. The van der Waals surface area contributed by atoms with E-state index in [1.54, 1.807) is 31.6 Å². The predicted molar refractivity (Wildman–Crippen MR) is 78.5 cm³/mol. The third-order valence-electron chi connectivity index (χ3n) is 3.49. The molecule has 1 amide bonds. The summed E-state index contributed by atoms with van der Waals surface area (Å²) >= 11 is 0. The average Bonchev–Trinajstić information content (AvgIpc) is 2.65. The maximum Gasteiger partial charge on any atom is 0.273 e. The number of hydrogen-bond donors (Lipinski definition) is 1. The second-order valence-electron chi connectivity index (χ2n) is 4.83. The standard InChI is InChI=1S/C14H16N4O3/c1-8-11(6-5-7-12(8)18(20)21)14(19)15-13-9(2)16-17(4)10(13)3/h5-7H,1-4H3,(H,15,19). The first-order valence-corrected chi connectivity index (χ1v) is 6.38. The molecule has 0 aliphatic heterocycles. The molecule has 7 nitrogen and oxygen atoms in total. The van der Waals surface area contributed by atoms with E-state index in [4.69, 9.17) is 0 Å². The molecule has 0 unspecified atom stereocenters. The molecule has 1 aromatic carbocycles. The Kier molecular flexibility index (Phi) is 3.75. The number of rotatable bonds is 3. The summed E-state index contributed by atoms with van der Waals surface area (Å²) in [5, 5.41) is 17.9. The highest BCUT2D eigenvalue weighted by Gasteiger charge is 2.20. The van der Waals surface area contributed by atoms with Crippen LogP contribution in [0.2, 0.25) is 0 Å². The predicted octanol–water partition coefficient (Wildman–Crippen LogP) is 2.51. The van der Waals surface area contributed by atoms with E-state index in [0.29, 0.717) is 16.9 Å². The van der Waals surface area contributed by atoms with Gasteiger partial charge in [-0.25, -0.2) is 0 Å². The zero-order valence-electron chi connectivity index (χ0n) is 12.3. The molecule has 2 aromatic rings. The number of nitrogens with zero attached hydrogens (tertiary/aromatic N) is 3. The van der Waals surface area contributed by atoms with Crippen molar-refractivity contribution in [1.82, 2.24) is 9.78 Å². The minimum atomic E-state index is -0.493.